The fraction of sp³-hybridized carbons (Fsp3) is 0.176. The van der Waals surface area contributed by atoms with Crippen molar-refractivity contribution in [2.45, 2.75) is 19.3 Å². The molecular weight excluding hydrogens is 264 g/mol. The number of rotatable bonds is 4. The number of carbonyl (C=O) groups excluding carboxylic acids is 2. The number of nitrogens with one attached hydrogen (secondary N) is 2. The molecule has 108 valence electrons. The molecule has 2 N–H and O–H groups in total. The van der Waals surface area contributed by atoms with E-state index in [4.69, 9.17) is 20.4 Å². The first-order valence-electron chi connectivity index (χ1n) is 6.44. The van der Waals surface area contributed by atoms with Crippen LogP contribution in [0.5, 0.6) is 0 Å². The summed E-state index contributed by atoms with van der Waals surface area (Å²) < 4.78 is 0. The van der Waals surface area contributed by atoms with Gasteiger partial charge in [-0.05, 0) is 30.4 Å². The average Bonchev–Trinajstić information content (AvgIpc) is 2.51. The number of isocyanates is 2. The van der Waals surface area contributed by atoms with Crippen LogP contribution in [0.2, 0.25) is 0 Å². The third-order valence-corrected chi connectivity index (χ3v) is 2.62. The lowest BCUT2D eigenvalue weighted by atomic mass is 10.0. The van der Waals surface area contributed by atoms with Gasteiger partial charge in [-0.1, -0.05) is 60.7 Å². The van der Waals surface area contributed by atoms with Crippen LogP contribution in [0.25, 0.3) is 0 Å². The van der Waals surface area contributed by atoms with E-state index >= 15 is 0 Å². The minimum Gasteiger partial charge on any atom is -0.222 e. The Kier molecular flexibility index (Phi) is 11.8. The first-order chi connectivity index (χ1) is 10.3. The Morgan fingerprint density at radius 1 is 0.667 bits per heavy atom. The number of hydrogen-bond donors (Lipinski definition) is 2. The fourth-order valence-electron chi connectivity index (χ4n) is 1.79. The quantitative estimate of drug-likeness (QED) is 0.662. The van der Waals surface area contributed by atoms with Gasteiger partial charge in [-0.3, -0.25) is 0 Å². The molecule has 0 atom stereocenters. The number of benzene rings is 2. The smallest absolute Gasteiger partial charge is 0.222 e. The third kappa shape index (κ3) is 10.8. The molecule has 0 amide bonds. The van der Waals surface area contributed by atoms with Crippen molar-refractivity contribution in [3.63, 3.8) is 0 Å². The van der Waals surface area contributed by atoms with Crippen molar-refractivity contribution >= 4 is 12.2 Å². The van der Waals surface area contributed by atoms with Crippen molar-refractivity contribution < 1.29 is 9.59 Å². The van der Waals surface area contributed by atoms with E-state index in [-0.39, 0.29) is 0 Å². The second-order valence-corrected chi connectivity index (χ2v) is 4.03. The highest BCUT2D eigenvalue weighted by molar-refractivity contribution is 5.26. The summed E-state index contributed by atoms with van der Waals surface area (Å²) in [5.41, 5.74) is 2.88. The molecule has 21 heavy (non-hydrogen) atoms. The van der Waals surface area contributed by atoms with Crippen LogP contribution in [0.15, 0.2) is 60.7 Å². The van der Waals surface area contributed by atoms with Gasteiger partial charge in [-0.15, -0.1) is 0 Å². The standard InChI is InChI=1S/C15H16.2CHNO/c1-3-8-14(9-4-1)12-7-13-15-10-5-2-6-11-15;2*2-1-3/h1-6,8-11H,7,12-13H2;2*2H. The van der Waals surface area contributed by atoms with Crippen molar-refractivity contribution in [2.75, 3.05) is 0 Å². The second-order valence-electron chi connectivity index (χ2n) is 4.03. The molecule has 2 aromatic carbocycles. The zero-order valence-corrected chi connectivity index (χ0v) is 11.7. The van der Waals surface area contributed by atoms with Crippen LogP contribution < -0.4 is 0 Å². The second kappa shape index (κ2) is 13.6. The van der Waals surface area contributed by atoms with Crippen LogP contribution in [0.3, 0.4) is 0 Å². The first kappa shape index (κ1) is 18.2. The molecule has 0 heterocycles. The molecule has 4 nitrogen and oxygen atoms in total. The van der Waals surface area contributed by atoms with Gasteiger partial charge in [-0.25, -0.2) is 20.4 Å². The minimum atomic E-state index is 0.750. The molecule has 0 bridgehead atoms. The molecule has 0 spiro atoms. The maximum atomic E-state index is 8.35. The van der Waals surface area contributed by atoms with Gasteiger partial charge >= 0.3 is 0 Å². The van der Waals surface area contributed by atoms with Gasteiger partial charge in [0.15, 0.2) is 0 Å². The minimum absolute atomic E-state index is 0.750. The first-order valence-corrected chi connectivity index (χ1v) is 6.44. The highest BCUT2D eigenvalue weighted by Crippen LogP contribution is 2.07. The maximum absolute atomic E-state index is 8.35. The van der Waals surface area contributed by atoms with Gasteiger partial charge in [0, 0.05) is 0 Å². The Hall–Kier alpha value is -2.80. The predicted octanol–water partition coefficient (Wildman–Crippen LogP) is 3.66. The molecule has 0 aliphatic rings. The van der Waals surface area contributed by atoms with E-state index in [0.29, 0.717) is 0 Å². The molecule has 0 saturated heterocycles. The van der Waals surface area contributed by atoms with Gasteiger partial charge in [0.2, 0.25) is 12.2 Å². The third-order valence-electron chi connectivity index (χ3n) is 2.62. The van der Waals surface area contributed by atoms with E-state index in [1.165, 1.54) is 30.4 Å². The Labute approximate surface area is 124 Å². The average molecular weight is 282 g/mol. The molecule has 0 unspecified atom stereocenters. The summed E-state index contributed by atoms with van der Waals surface area (Å²) >= 11 is 0. The van der Waals surface area contributed by atoms with E-state index in [1.807, 2.05) is 0 Å². The summed E-state index contributed by atoms with van der Waals surface area (Å²) in [6.45, 7) is 0. The Morgan fingerprint density at radius 2 is 0.952 bits per heavy atom. The number of aryl methyl sites for hydroxylation is 2. The van der Waals surface area contributed by atoms with Crippen molar-refractivity contribution in [3.8, 4) is 0 Å². The molecular formula is C17H18N2O2. The molecule has 2 aromatic rings. The Balaban J connectivity index is 0.000000578. The highest BCUT2D eigenvalue weighted by Gasteiger charge is 1.93. The summed E-state index contributed by atoms with van der Waals surface area (Å²) in [5.74, 6) is 0. The van der Waals surface area contributed by atoms with Crippen molar-refractivity contribution in [1.82, 2.24) is 0 Å². The van der Waals surface area contributed by atoms with Gasteiger partial charge in [0.25, 0.3) is 0 Å². The van der Waals surface area contributed by atoms with Crippen LogP contribution in [0.4, 0.5) is 0 Å². The van der Waals surface area contributed by atoms with Crippen LogP contribution in [0.1, 0.15) is 17.5 Å². The predicted molar refractivity (Wildman–Crippen MR) is 81.7 cm³/mol. The van der Waals surface area contributed by atoms with Crippen LogP contribution in [-0.2, 0) is 22.4 Å². The van der Waals surface area contributed by atoms with Gasteiger partial charge < -0.3 is 0 Å². The Bertz CT molecular complexity index is 490. The molecule has 2 rings (SSSR count). The summed E-state index contributed by atoms with van der Waals surface area (Å²) in [5, 5.41) is 10.8. The molecule has 0 saturated carbocycles. The van der Waals surface area contributed by atoms with Gasteiger partial charge in [0.1, 0.15) is 0 Å². The van der Waals surface area contributed by atoms with Crippen LogP contribution in [-0.4, -0.2) is 12.2 Å². The molecule has 0 aliphatic carbocycles. The van der Waals surface area contributed by atoms with Gasteiger partial charge in [-0.2, -0.15) is 0 Å². The summed E-state index contributed by atoms with van der Waals surface area (Å²) in [7, 11) is 0. The van der Waals surface area contributed by atoms with E-state index in [0.717, 1.165) is 12.2 Å². The van der Waals surface area contributed by atoms with Gasteiger partial charge in [0.05, 0.1) is 0 Å². The van der Waals surface area contributed by atoms with Crippen molar-refractivity contribution in [3.05, 3.63) is 71.8 Å². The van der Waals surface area contributed by atoms with E-state index in [9.17, 15) is 0 Å². The monoisotopic (exact) mass is 282 g/mol. The van der Waals surface area contributed by atoms with E-state index in [2.05, 4.69) is 60.7 Å². The fourth-order valence-corrected chi connectivity index (χ4v) is 1.79. The zero-order valence-electron chi connectivity index (χ0n) is 11.7. The van der Waals surface area contributed by atoms with E-state index in [1.54, 1.807) is 0 Å². The van der Waals surface area contributed by atoms with Crippen molar-refractivity contribution in [2.24, 2.45) is 0 Å². The van der Waals surface area contributed by atoms with E-state index < -0.39 is 0 Å². The lowest BCUT2D eigenvalue weighted by Gasteiger charge is -2.01. The largest absolute Gasteiger partial charge is 0.231 e. The molecule has 0 radical (unpaired) electrons. The molecule has 0 aromatic heterocycles. The SMILES string of the molecule is N=C=O.N=C=O.c1ccc(CCCc2ccccc2)cc1. The maximum Gasteiger partial charge on any atom is 0.231 e. The molecule has 0 aliphatic heterocycles. The number of hydrogen-bond acceptors (Lipinski definition) is 4. The summed E-state index contributed by atoms with van der Waals surface area (Å²) in [4.78, 5) is 16.7. The topological polar surface area (TPSA) is 81.8 Å². The lowest BCUT2D eigenvalue weighted by Crippen LogP contribution is -1.89. The normalized spacial score (nSPS) is 8.00. The molecule has 4 heteroatoms. The van der Waals surface area contributed by atoms with Crippen molar-refractivity contribution in [1.29, 1.82) is 10.8 Å². The summed E-state index contributed by atoms with van der Waals surface area (Å²) in [6.07, 6.45) is 5.08. The highest BCUT2D eigenvalue weighted by atomic mass is 16.1. The van der Waals surface area contributed by atoms with Crippen LogP contribution in [0, 0.1) is 10.8 Å². The van der Waals surface area contributed by atoms with Crippen LogP contribution >= 0.6 is 0 Å². The lowest BCUT2D eigenvalue weighted by molar-refractivity contribution is 0.562. The Morgan fingerprint density at radius 3 is 1.24 bits per heavy atom. The molecule has 0 fully saturated rings. The zero-order chi connectivity index (χ0) is 15.8. The summed E-state index contributed by atoms with van der Waals surface area (Å²) in [6, 6.07) is 21.4.